The summed E-state index contributed by atoms with van der Waals surface area (Å²) in [4.78, 5) is 13.0. The number of hydrogen-bond acceptors (Lipinski definition) is 4. The minimum Gasteiger partial charge on any atom is -0.322 e. The molecule has 3 aromatic rings. The zero-order valence-corrected chi connectivity index (χ0v) is 18.3. The van der Waals surface area contributed by atoms with Crippen molar-refractivity contribution in [3.05, 3.63) is 72.1 Å². The molecule has 0 spiro atoms. The number of rotatable bonds is 5. The number of nitrogens with one attached hydrogen (secondary N) is 1. The number of aromatic nitrogens is 2. The van der Waals surface area contributed by atoms with Crippen LogP contribution in [-0.2, 0) is 10.0 Å². The van der Waals surface area contributed by atoms with Crippen LogP contribution in [0.15, 0.2) is 65.8 Å². The third kappa shape index (κ3) is 4.70. The summed E-state index contributed by atoms with van der Waals surface area (Å²) in [5.41, 5.74) is 2.46. The van der Waals surface area contributed by atoms with Crippen LogP contribution in [0.25, 0.3) is 5.69 Å². The van der Waals surface area contributed by atoms with Crippen molar-refractivity contribution in [2.75, 3.05) is 18.4 Å². The first-order chi connectivity index (χ1) is 14.9. The van der Waals surface area contributed by atoms with Gasteiger partial charge >= 0.3 is 0 Å². The van der Waals surface area contributed by atoms with Crippen LogP contribution in [-0.4, -0.2) is 41.5 Å². The minimum absolute atomic E-state index is 0.251. The summed E-state index contributed by atoms with van der Waals surface area (Å²) in [5.74, 6) is -0.297. The van der Waals surface area contributed by atoms with Gasteiger partial charge in [0.15, 0.2) is 0 Å². The van der Waals surface area contributed by atoms with E-state index in [1.807, 2.05) is 24.4 Å². The van der Waals surface area contributed by atoms with Crippen molar-refractivity contribution in [3.8, 4) is 5.69 Å². The minimum atomic E-state index is -3.60. The Balaban J connectivity index is 1.53. The first kappa shape index (κ1) is 21.3. The molecule has 1 amide bonds. The molecule has 1 aliphatic rings. The second kappa shape index (κ2) is 9.03. The molecule has 0 atom stereocenters. The van der Waals surface area contributed by atoms with Crippen molar-refractivity contribution in [3.63, 3.8) is 0 Å². The molecule has 1 saturated heterocycles. The Morgan fingerprint density at radius 3 is 2.35 bits per heavy atom. The Bertz CT molecular complexity index is 1150. The van der Waals surface area contributed by atoms with Gasteiger partial charge in [-0.1, -0.05) is 18.9 Å². The lowest BCUT2D eigenvalue weighted by atomic mass is 10.1. The zero-order valence-electron chi connectivity index (χ0n) is 17.5. The van der Waals surface area contributed by atoms with E-state index in [2.05, 4.69) is 10.4 Å². The third-order valence-corrected chi connectivity index (χ3v) is 7.57. The lowest BCUT2D eigenvalue weighted by molar-refractivity contribution is 0.102. The highest BCUT2D eigenvalue weighted by Gasteiger charge is 2.27. The highest BCUT2D eigenvalue weighted by molar-refractivity contribution is 7.89. The Morgan fingerprint density at radius 1 is 1.00 bits per heavy atom. The lowest BCUT2D eigenvalue weighted by Crippen LogP contribution is -2.32. The molecule has 7 nitrogen and oxygen atoms in total. The van der Waals surface area contributed by atoms with Crippen LogP contribution in [0.1, 0.15) is 41.6 Å². The van der Waals surface area contributed by atoms with Crippen LogP contribution in [0.5, 0.6) is 0 Å². The van der Waals surface area contributed by atoms with Gasteiger partial charge in [-0.25, -0.2) is 13.1 Å². The fourth-order valence-electron chi connectivity index (χ4n) is 3.77. The highest BCUT2D eigenvalue weighted by atomic mass is 32.2. The van der Waals surface area contributed by atoms with E-state index in [9.17, 15) is 13.2 Å². The summed E-state index contributed by atoms with van der Waals surface area (Å²) in [5, 5.41) is 6.99. The Hall–Kier alpha value is -2.97. The Labute approximate surface area is 182 Å². The highest BCUT2D eigenvalue weighted by Crippen LogP contribution is 2.26. The third-order valence-electron chi connectivity index (χ3n) is 5.53. The van der Waals surface area contributed by atoms with Gasteiger partial charge in [0, 0.05) is 36.7 Å². The van der Waals surface area contributed by atoms with Gasteiger partial charge in [-0.05, 0) is 67.8 Å². The quantitative estimate of drug-likeness (QED) is 0.653. The Kier molecular flexibility index (Phi) is 6.20. The fourth-order valence-corrected chi connectivity index (χ4v) is 5.54. The number of amides is 1. The lowest BCUT2D eigenvalue weighted by Gasteiger charge is -2.21. The van der Waals surface area contributed by atoms with Gasteiger partial charge < -0.3 is 5.32 Å². The fraction of sp³-hybridized carbons (Fsp3) is 0.304. The van der Waals surface area contributed by atoms with Crippen LogP contribution in [0.2, 0.25) is 0 Å². The molecule has 2 heterocycles. The predicted molar refractivity (Wildman–Crippen MR) is 120 cm³/mol. The molecule has 31 heavy (non-hydrogen) atoms. The van der Waals surface area contributed by atoms with E-state index in [-0.39, 0.29) is 10.8 Å². The number of anilines is 1. The average Bonchev–Trinajstić information content (AvgIpc) is 3.16. The van der Waals surface area contributed by atoms with Crippen molar-refractivity contribution in [2.45, 2.75) is 37.5 Å². The maximum Gasteiger partial charge on any atom is 0.255 e. The normalized spacial score (nSPS) is 15.4. The number of nitrogens with zero attached hydrogens (tertiary/aromatic N) is 3. The van der Waals surface area contributed by atoms with Crippen LogP contribution in [0, 0.1) is 6.92 Å². The molecular formula is C23H26N4O3S. The number of hydrogen-bond donors (Lipinski definition) is 1. The summed E-state index contributed by atoms with van der Waals surface area (Å²) < 4.78 is 29.7. The van der Waals surface area contributed by atoms with E-state index < -0.39 is 10.0 Å². The van der Waals surface area contributed by atoms with Crippen molar-refractivity contribution < 1.29 is 13.2 Å². The van der Waals surface area contributed by atoms with E-state index in [4.69, 9.17) is 0 Å². The van der Waals surface area contributed by atoms with Crippen molar-refractivity contribution in [1.29, 1.82) is 0 Å². The van der Waals surface area contributed by atoms with Crippen LogP contribution in [0.4, 0.5) is 5.69 Å². The van der Waals surface area contributed by atoms with Gasteiger partial charge in [0.2, 0.25) is 10.0 Å². The zero-order chi connectivity index (χ0) is 21.8. The summed E-state index contributed by atoms with van der Waals surface area (Å²) in [6, 6.07) is 13.9. The van der Waals surface area contributed by atoms with Gasteiger partial charge in [0.25, 0.3) is 5.91 Å². The van der Waals surface area contributed by atoms with E-state index in [1.165, 1.54) is 0 Å². The van der Waals surface area contributed by atoms with Crippen molar-refractivity contribution >= 4 is 21.6 Å². The van der Waals surface area contributed by atoms with Crippen LogP contribution >= 0.6 is 0 Å². The molecule has 2 aromatic carbocycles. The molecule has 1 fully saturated rings. The molecule has 1 aromatic heterocycles. The molecule has 0 saturated carbocycles. The van der Waals surface area contributed by atoms with E-state index in [0.717, 1.165) is 31.4 Å². The molecule has 162 valence electrons. The largest absolute Gasteiger partial charge is 0.322 e. The topological polar surface area (TPSA) is 84.3 Å². The monoisotopic (exact) mass is 438 g/mol. The molecule has 0 radical (unpaired) electrons. The second-order valence-corrected chi connectivity index (χ2v) is 9.66. The predicted octanol–water partition coefficient (Wildman–Crippen LogP) is 4.00. The van der Waals surface area contributed by atoms with Crippen LogP contribution in [0.3, 0.4) is 0 Å². The molecular weight excluding hydrogens is 412 g/mol. The van der Waals surface area contributed by atoms with E-state index >= 15 is 0 Å². The number of carbonyl (C=O) groups excluding carboxylic acids is 1. The molecule has 1 N–H and O–H groups in total. The molecule has 0 bridgehead atoms. The molecule has 4 rings (SSSR count). The average molecular weight is 439 g/mol. The number of benzene rings is 2. The maximum absolute atomic E-state index is 13.2. The SMILES string of the molecule is Cc1ccc(NC(=O)c2ccc(-n3cccn3)cc2)cc1S(=O)(=O)N1CCCCCC1. The van der Waals surface area contributed by atoms with Crippen molar-refractivity contribution in [1.82, 2.24) is 14.1 Å². The smallest absolute Gasteiger partial charge is 0.255 e. The summed E-state index contributed by atoms with van der Waals surface area (Å²) >= 11 is 0. The standard InChI is InChI=1S/C23H26N4O3S/c1-18-7-10-20(17-22(18)31(29,30)26-14-4-2-3-5-15-26)25-23(28)19-8-11-21(12-9-19)27-16-6-13-24-27/h6-13,16-17H,2-5,14-15H2,1H3,(H,25,28). The van der Waals surface area contributed by atoms with Crippen LogP contribution < -0.4 is 5.32 Å². The first-order valence-electron chi connectivity index (χ1n) is 10.5. The van der Waals surface area contributed by atoms with Gasteiger partial charge in [0.05, 0.1) is 10.6 Å². The van der Waals surface area contributed by atoms with Gasteiger partial charge in [0.1, 0.15) is 0 Å². The van der Waals surface area contributed by atoms with Gasteiger partial charge in [-0.3, -0.25) is 4.79 Å². The summed E-state index contributed by atoms with van der Waals surface area (Å²) in [7, 11) is -3.60. The number of aryl methyl sites for hydroxylation is 1. The molecule has 0 unspecified atom stereocenters. The Morgan fingerprint density at radius 2 is 1.71 bits per heavy atom. The summed E-state index contributed by atoms with van der Waals surface area (Å²) in [6.07, 6.45) is 7.38. The molecule has 1 aliphatic heterocycles. The molecule has 0 aliphatic carbocycles. The maximum atomic E-state index is 13.2. The van der Waals surface area contributed by atoms with E-state index in [1.54, 1.807) is 52.4 Å². The summed E-state index contributed by atoms with van der Waals surface area (Å²) in [6.45, 7) is 2.87. The number of carbonyl (C=O) groups is 1. The second-order valence-electron chi connectivity index (χ2n) is 7.75. The first-order valence-corrected chi connectivity index (χ1v) is 11.9. The molecule has 8 heteroatoms. The van der Waals surface area contributed by atoms with E-state index in [0.29, 0.717) is 29.9 Å². The van der Waals surface area contributed by atoms with Gasteiger partial charge in [-0.2, -0.15) is 9.40 Å². The van der Waals surface area contributed by atoms with Gasteiger partial charge in [-0.15, -0.1) is 0 Å². The number of sulfonamides is 1. The van der Waals surface area contributed by atoms with Crippen molar-refractivity contribution in [2.24, 2.45) is 0 Å².